The molecule has 0 unspecified atom stereocenters. The number of carbonyl (C=O) groups is 2. The second-order valence-electron chi connectivity index (χ2n) is 7.43. The van der Waals surface area contributed by atoms with Crippen LogP contribution in [0.5, 0.6) is 11.5 Å². The molecule has 3 rings (SSSR count). The van der Waals surface area contributed by atoms with E-state index in [4.69, 9.17) is 4.74 Å². The normalized spacial score (nSPS) is 14.6. The van der Waals surface area contributed by atoms with Crippen molar-refractivity contribution in [3.63, 3.8) is 0 Å². The van der Waals surface area contributed by atoms with Crippen molar-refractivity contribution in [1.82, 2.24) is 9.88 Å². The van der Waals surface area contributed by atoms with Crippen molar-refractivity contribution in [2.45, 2.75) is 26.4 Å². The lowest BCUT2D eigenvalue weighted by molar-refractivity contribution is -0.130. The first-order valence-corrected chi connectivity index (χ1v) is 10.2. The number of hydrogen-bond acceptors (Lipinski definition) is 5. The number of amides is 2. The molecule has 0 bridgehead atoms. The van der Waals surface area contributed by atoms with Gasteiger partial charge in [0.1, 0.15) is 5.82 Å². The minimum atomic E-state index is -2.95. The third-order valence-corrected chi connectivity index (χ3v) is 5.17. The third kappa shape index (κ3) is 6.26. The first-order valence-electron chi connectivity index (χ1n) is 10.2. The van der Waals surface area contributed by atoms with Crippen molar-refractivity contribution < 1.29 is 27.8 Å². The maximum Gasteiger partial charge on any atom is 0.387 e. The summed E-state index contributed by atoms with van der Waals surface area (Å²) in [6, 6.07) is 8.09. The molecule has 9 heteroatoms. The van der Waals surface area contributed by atoms with Crippen molar-refractivity contribution in [2.24, 2.45) is 5.92 Å². The lowest BCUT2D eigenvalue weighted by Gasteiger charge is -2.30. The van der Waals surface area contributed by atoms with Gasteiger partial charge in [0.2, 0.25) is 11.8 Å². The Morgan fingerprint density at radius 3 is 2.59 bits per heavy atom. The summed E-state index contributed by atoms with van der Waals surface area (Å²) in [5.74, 6) is 0.135. The van der Waals surface area contributed by atoms with Crippen LogP contribution in [0.25, 0.3) is 6.08 Å². The van der Waals surface area contributed by atoms with Crippen LogP contribution in [0.4, 0.5) is 14.6 Å². The fraction of sp³-hybridized carbons (Fsp3) is 0.348. The standard InChI is InChI=1S/C23H25F2N3O4/c1-15-7-10-26-20(13-15)27-22(30)17-8-11-28(12-9-17)21(29)6-4-16-3-5-18(32-23(24)25)19(14-16)31-2/h3-7,10,13-14,17,23H,8-9,11-12H2,1-2H3,(H,26,27,30). The zero-order chi connectivity index (χ0) is 23.1. The largest absolute Gasteiger partial charge is 0.493 e. The highest BCUT2D eigenvalue weighted by Gasteiger charge is 2.26. The highest BCUT2D eigenvalue weighted by molar-refractivity contribution is 5.93. The number of anilines is 1. The highest BCUT2D eigenvalue weighted by atomic mass is 19.3. The van der Waals surface area contributed by atoms with E-state index in [1.807, 2.05) is 19.1 Å². The molecule has 1 fully saturated rings. The summed E-state index contributed by atoms with van der Waals surface area (Å²) >= 11 is 0. The average molecular weight is 445 g/mol. The number of aryl methyl sites for hydroxylation is 1. The summed E-state index contributed by atoms with van der Waals surface area (Å²) in [4.78, 5) is 30.8. The summed E-state index contributed by atoms with van der Waals surface area (Å²) in [6.45, 7) is -0.0960. The van der Waals surface area contributed by atoms with Crippen molar-refractivity contribution in [2.75, 3.05) is 25.5 Å². The molecule has 0 saturated carbocycles. The second kappa shape index (κ2) is 10.7. The predicted octanol–water partition coefficient (Wildman–Crippen LogP) is 3.89. The Hall–Kier alpha value is -3.49. The first-order chi connectivity index (χ1) is 15.4. The summed E-state index contributed by atoms with van der Waals surface area (Å²) in [6.07, 6.45) is 5.77. The molecule has 32 heavy (non-hydrogen) atoms. The minimum absolute atomic E-state index is 0.0767. The number of benzene rings is 1. The summed E-state index contributed by atoms with van der Waals surface area (Å²) < 4.78 is 34.3. The number of carbonyl (C=O) groups excluding carboxylic acids is 2. The van der Waals surface area contributed by atoms with E-state index in [0.29, 0.717) is 37.3 Å². The van der Waals surface area contributed by atoms with Crippen LogP contribution in [0.15, 0.2) is 42.6 Å². The number of likely N-dealkylation sites (tertiary alicyclic amines) is 1. The molecule has 2 aromatic rings. The molecular weight excluding hydrogens is 420 g/mol. The van der Waals surface area contributed by atoms with E-state index in [2.05, 4.69) is 15.0 Å². The molecule has 170 valence electrons. The van der Waals surface area contributed by atoms with Crippen LogP contribution >= 0.6 is 0 Å². The predicted molar refractivity (Wildman–Crippen MR) is 116 cm³/mol. The number of aromatic nitrogens is 1. The molecule has 1 saturated heterocycles. The van der Waals surface area contributed by atoms with Crippen LogP contribution in [-0.4, -0.2) is 48.5 Å². The molecule has 1 aliphatic rings. The number of piperidine rings is 1. The summed E-state index contributed by atoms with van der Waals surface area (Å²) in [5.41, 5.74) is 1.62. The topological polar surface area (TPSA) is 80.8 Å². The van der Waals surface area contributed by atoms with Gasteiger partial charge in [-0.1, -0.05) is 6.07 Å². The second-order valence-corrected chi connectivity index (χ2v) is 7.43. The number of nitrogens with zero attached hydrogens (tertiary/aromatic N) is 2. The maximum absolute atomic E-state index is 12.5. The van der Waals surface area contributed by atoms with E-state index >= 15 is 0 Å². The molecule has 7 nitrogen and oxygen atoms in total. The van der Waals surface area contributed by atoms with E-state index in [1.165, 1.54) is 25.3 Å². The number of halogens is 2. The molecule has 1 aliphatic heterocycles. The average Bonchev–Trinajstić information content (AvgIpc) is 2.78. The maximum atomic E-state index is 12.5. The van der Waals surface area contributed by atoms with Crippen LogP contribution < -0.4 is 14.8 Å². The molecule has 1 aromatic heterocycles. The van der Waals surface area contributed by atoms with Crippen molar-refractivity contribution in [3.8, 4) is 11.5 Å². The Kier molecular flexibility index (Phi) is 7.75. The van der Waals surface area contributed by atoms with Crippen LogP contribution in [0, 0.1) is 12.8 Å². The smallest absolute Gasteiger partial charge is 0.387 e. The lowest BCUT2D eigenvalue weighted by atomic mass is 9.96. The molecule has 0 spiro atoms. The first kappa shape index (κ1) is 23.2. The fourth-order valence-corrected chi connectivity index (χ4v) is 3.45. The molecule has 1 N–H and O–H groups in total. The van der Waals surface area contributed by atoms with E-state index in [1.54, 1.807) is 23.2 Å². The van der Waals surface area contributed by atoms with Gasteiger partial charge in [-0.25, -0.2) is 4.98 Å². The lowest BCUT2D eigenvalue weighted by Crippen LogP contribution is -2.40. The third-order valence-electron chi connectivity index (χ3n) is 5.17. The highest BCUT2D eigenvalue weighted by Crippen LogP contribution is 2.30. The minimum Gasteiger partial charge on any atom is -0.493 e. The van der Waals surface area contributed by atoms with Gasteiger partial charge in [0.15, 0.2) is 11.5 Å². The van der Waals surface area contributed by atoms with E-state index in [-0.39, 0.29) is 29.2 Å². The van der Waals surface area contributed by atoms with E-state index in [9.17, 15) is 18.4 Å². The Bertz CT molecular complexity index is 989. The SMILES string of the molecule is COc1cc(C=CC(=O)N2CCC(C(=O)Nc3cc(C)ccn3)CC2)ccc1OC(F)F. The monoisotopic (exact) mass is 445 g/mol. The zero-order valence-corrected chi connectivity index (χ0v) is 17.9. The molecule has 1 aromatic carbocycles. The van der Waals surface area contributed by atoms with Crippen LogP contribution in [-0.2, 0) is 9.59 Å². The van der Waals surface area contributed by atoms with Gasteiger partial charge in [-0.3, -0.25) is 9.59 Å². The Labute approximate surface area is 185 Å². The van der Waals surface area contributed by atoms with Gasteiger partial charge in [-0.05, 0) is 61.2 Å². The number of nitrogens with one attached hydrogen (secondary N) is 1. The summed E-state index contributed by atoms with van der Waals surface area (Å²) in [5, 5.41) is 2.83. The zero-order valence-electron chi connectivity index (χ0n) is 17.9. The van der Waals surface area contributed by atoms with Crippen LogP contribution in [0.1, 0.15) is 24.0 Å². The van der Waals surface area contributed by atoms with Gasteiger partial charge in [-0.15, -0.1) is 0 Å². The Balaban J connectivity index is 1.53. The van der Waals surface area contributed by atoms with Gasteiger partial charge in [0.25, 0.3) is 0 Å². The van der Waals surface area contributed by atoms with E-state index < -0.39 is 6.61 Å². The van der Waals surface area contributed by atoms with Crippen molar-refractivity contribution in [3.05, 3.63) is 53.7 Å². The molecular formula is C23H25F2N3O4. The van der Waals surface area contributed by atoms with Crippen molar-refractivity contribution in [1.29, 1.82) is 0 Å². The molecule has 0 aliphatic carbocycles. The molecule has 0 radical (unpaired) electrons. The molecule has 0 atom stereocenters. The summed E-state index contributed by atoms with van der Waals surface area (Å²) in [7, 11) is 1.35. The number of methoxy groups -OCH3 is 1. The van der Waals surface area contributed by atoms with Gasteiger partial charge >= 0.3 is 6.61 Å². The van der Waals surface area contributed by atoms with Gasteiger partial charge < -0.3 is 19.7 Å². The van der Waals surface area contributed by atoms with Crippen LogP contribution in [0.3, 0.4) is 0 Å². The fourth-order valence-electron chi connectivity index (χ4n) is 3.45. The van der Waals surface area contributed by atoms with E-state index in [0.717, 1.165) is 5.56 Å². The molecule has 2 amide bonds. The van der Waals surface area contributed by atoms with Crippen LogP contribution in [0.2, 0.25) is 0 Å². The van der Waals surface area contributed by atoms with Crippen molar-refractivity contribution >= 4 is 23.7 Å². The Morgan fingerprint density at radius 2 is 1.94 bits per heavy atom. The Morgan fingerprint density at radius 1 is 1.19 bits per heavy atom. The number of ether oxygens (including phenoxy) is 2. The van der Waals surface area contributed by atoms with Gasteiger partial charge in [-0.2, -0.15) is 8.78 Å². The quantitative estimate of drug-likeness (QED) is 0.654. The molecule has 2 heterocycles. The van der Waals surface area contributed by atoms with Gasteiger partial charge in [0, 0.05) is 31.3 Å². The number of rotatable bonds is 7. The number of alkyl halides is 2. The number of hydrogen-bond donors (Lipinski definition) is 1. The van der Waals surface area contributed by atoms with Gasteiger partial charge in [0.05, 0.1) is 7.11 Å². The number of pyridine rings is 1.